The number of hydrogen-bond acceptors (Lipinski definition) is 4. The minimum absolute atomic E-state index is 0.122. The van der Waals surface area contributed by atoms with Crippen molar-refractivity contribution in [2.24, 2.45) is 0 Å². The van der Waals surface area contributed by atoms with Gasteiger partial charge in [0.2, 0.25) is 5.91 Å². The number of alkyl halides is 1. The molecule has 7 heteroatoms. The molecule has 2 aromatic rings. The summed E-state index contributed by atoms with van der Waals surface area (Å²) in [4.78, 5) is 25.7. The SMILES string of the molecule is Cc1cccc(C)c1N(C)C(NC(=O)c1ccccc1)C(F)CCCCC(=O)NO. The Hall–Kier alpha value is -2.93. The minimum Gasteiger partial charge on any atom is -0.352 e. The van der Waals surface area contributed by atoms with E-state index in [-0.39, 0.29) is 18.7 Å². The van der Waals surface area contributed by atoms with Crippen molar-refractivity contribution in [1.29, 1.82) is 0 Å². The van der Waals surface area contributed by atoms with E-state index in [2.05, 4.69) is 5.32 Å². The quantitative estimate of drug-likeness (QED) is 0.238. The van der Waals surface area contributed by atoms with Crippen LogP contribution in [0.1, 0.15) is 47.2 Å². The van der Waals surface area contributed by atoms with Gasteiger partial charge in [-0.3, -0.25) is 14.8 Å². The van der Waals surface area contributed by atoms with Crippen LogP contribution < -0.4 is 15.7 Å². The Balaban J connectivity index is 2.18. The van der Waals surface area contributed by atoms with Gasteiger partial charge >= 0.3 is 0 Å². The number of para-hydroxylation sites is 1. The van der Waals surface area contributed by atoms with Gasteiger partial charge in [0.05, 0.1) is 0 Å². The molecule has 0 aliphatic carbocycles. The molecule has 0 aliphatic heterocycles. The van der Waals surface area contributed by atoms with Gasteiger partial charge in [0, 0.05) is 24.7 Å². The highest BCUT2D eigenvalue weighted by Crippen LogP contribution is 2.27. The molecule has 0 spiro atoms. The first-order valence-corrected chi connectivity index (χ1v) is 10.1. The first-order valence-electron chi connectivity index (χ1n) is 10.1. The van der Waals surface area contributed by atoms with Crippen molar-refractivity contribution < 1.29 is 19.2 Å². The van der Waals surface area contributed by atoms with E-state index >= 15 is 4.39 Å². The average Bonchev–Trinajstić information content (AvgIpc) is 2.74. The predicted octanol–water partition coefficient (Wildman–Crippen LogP) is 3.90. The highest BCUT2D eigenvalue weighted by atomic mass is 19.1. The summed E-state index contributed by atoms with van der Waals surface area (Å²) in [5, 5.41) is 11.4. The van der Waals surface area contributed by atoms with Gasteiger partial charge in [-0.2, -0.15) is 0 Å². The first-order chi connectivity index (χ1) is 14.3. The van der Waals surface area contributed by atoms with Gasteiger partial charge in [0.1, 0.15) is 12.3 Å². The molecule has 2 rings (SSSR count). The maximum Gasteiger partial charge on any atom is 0.252 e. The Morgan fingerprint density at radius 2 is 1.67 bits per heavy atom. The monoisotopic (exact) mass is 415 g/mol. The molecule has 0 radical (unpaired) electrons. The number of hydroxylamine groups is 1. The van der Waals surface area contributed by atoms with Crippen LogP contribution in [0.15, 0.2) is 48.5 Å². The molecule has 6 nitrogen and oxygen atoms in total. The summed E-state index contributed by atoms with van der Waals surface area (Å²) < 4.78 is 15.3. The van der Waals surface area contributed by atoms with E-state index in [1.54, 1.807) is 41.7 Å². The van der Waals surface area contributed by atoms with Gasteiger partial charge in [-0.25, -0.2) is 9.87 Å². The first kappa shape index (κ1) is 23.3. The van der Waals surface area contributed by atoms with Crippen LogP contribution in [0.4, 0.5) is 10.1 Å². The van der Waals surface area contributed by atoms with Gasteiger partial charge < -0.3 is 10.2 Å². The van der Waals surface area contributed by atoms with Crippen LogP contribution in [0.3, 0.4) is 0 Å². The lowest BCUT2D eigenvalue weighted by Gasteiger charge is -2.35. The van der Waals surface area contributed by atoms with Crippen molar-refractivity contribution in [3.63, 3.8) is 0 Å². The predicted molar refractivity (Wildman–Crippen MR) is 115 cm³/mol. The van der Waals surface area contributed by atoms with Crippen molar-refractivity contribution in [3.8, 4) is 0 Å². The normalized spacial score (nSPS) is 12.7. The number of carbonyl (C=O) groups excluding carboxylic acids is 2. The lowest BCUT2D eigenvalue weighted by atomic mass is 10.0. The van der Waals surface area contributed by atoms with E-state index in [1.165, 1.54) is 0 Å². The van der Waals surface area contributed by atoms with E-state index in [0.717, 1.165) is 16.8 Å². The van der Waals surface area contributed by atoms with Crippen LogP contribution in [0.25, 0.3) is 0 Å². The molecule has 0 fully saturated rings. The second-order valence-corrected chi connectivity index (χ2v) is 7.43. The molecule has 2 aromatic carbocycles. The maximum atomic E-state index is 15.3. The molecular formula is C23H30FN3O3. The molecule has 0 bridgehead atoms. The van der Waals surface area contributed by atoms with Gasteiger partial charge in [-0.1, -0.05) is 36.4 Å². The summed E-state index contributed by atoms with van der Waals surface area (Å²) in [6.07, 6.45) is -1.03. The van der Waals surface area contributed by atoms with Crippen molar-refractivity contribution >= 4 is 17.5 Å². The number of carbonyl (C=O) groups is 2. The summed E-state index contributed by atoms with van der Waals surface area (Å²) in [6, 6.07) is 14.6. The van der Waals surface area contributed by atoms with Crippen LogP contribution in [-0.2, 0) is 4.79 Å². The van der Waals surface area contributed by atoms with E-state index in [4.69, 9.17) is 5.21 Å². The Labute approximate surface area is 177 Å². The molecule has 3 N–H and O–H groups in total. The van der Waals surface area contributed by atoms with Crippen molar-refractivity contribution in [2.75, 3.05) is 11.9 Å². The zero-order valence-electron chi connectivity index (χ0n) is 17.7. The average molecular weight is 416 g/mol. The molecule has 2 atom stereocenters. The third kappa shape index (κ3) is 6.29. The molecule has 30 heavy (non-hydrogen) atoms. The van der Waals surface area contributed by atoms with E-state index in [9.17, 15) is 9.59 Å². The molecule has 0 heterocycles. The Kier molecular flexibility index (Phi) is 8.80. The third-order valence-corrected chi connectivity index (χ3v) is 5.13. The highest BCUT2D eigenvalue weighted by molar-refractivity contribution is 5.94. The molecule has 0 saturated carbocycles. The van der Waals surface area contributed by atoms with Crippen LogP contribution in [-0.4, -0.2) is 36.4 Å². The van der Waals surface area contributed by atoms with Gasteiger partial charge in [0.15, 0.2) is 0 Å². The van der Waals surface area contributed by atoms with Gasteiger partial charge in [-0.15, -0.1) is 0 Å². The maximum absolute atomic E-state index is 15.3. The van der Waals surface area contributed by atoms with Crippen LogP contribution in [0.2, 0.25) is 0 Å². The topological polar surface area (TPSA) is 81.7 Å². The lowest BCUT2D eigenvalue weighted by molar-refractivity contribution is -0.129. The van der Waals surface area contributed by atoms with Crippen LogP contribution >= 0.6 is 0 Å². The Morgan fingerprint density at radius 3 is 2.27 bits per heavy atom. The number of rotatable bonds is 10. The summed E-state index contributed by atoms with van der Waals surface area (Å²) in [6.45, 7) is 3.91. The number of anilines is 1. The standard InChI is InChI=1S/C23H30FN3O3/c1-16-10-9-11-17(2)21(16)27(3)22(19(24)14-7-8-15-20(28)26-30)25-23(29)18-12-5-4-6-13-18/h4-6,9-13,19,22,30H,7-8,14-15H2,1-3H3,(H,25,29)(H,26,28). The molecule has 0 saturated heterocycles. The Morgan fingerprint density at radius 1 is 1.03 bits per heavy atom. The summed E-state index contributed by atoms with van der Waals surface area (Å²) >= 11 is 0. The highest BCUT2D eigenvalue weighted by Gasteiger charge is 2.29. The number of unbranched alkanes of at least 4 members (excludes halogenated alkanes) is 1. The van der Waals surface area contributed by atoms with E-state index in [1.807, 2.05) is 38.1 Å². The second kappa shape index (κ2) is 11.3. The van der Waals surface area contributed by atoms with Crippen LogP contribution in [0.5, 0.6) is 0 Å². The minimum atomic E-state index is -1.35. The number of nitrogens with zero attached hydrogens (tertiary/aromatic N) is 1. The van der Waals surface area contributed by atoms with Gasteiger partial charge in [0.25, 0.3) is 5.91 Å². The number of aryl methyl sites for hydroxylation is 2. The molecule has 2 amide bonds. The third-order valence-electron chi connectivity index (χ3n) is 5.13. The summed E-state index contributed by atoms with van der Waals surface area (Å²) in [5.74, 6) is -0.840. The largest absolute Gasteiger partial charge is 0.352 e. The van der Waals surface area contributed by atoms with E-state index < -0.39 is 18.2 Å². The fourth-order valence-electron chi connectivity index (χ4n) is 3.58. The fourth-order valence-corrected chi connectivity index (χ4v) is 3.58. The van der Waals surface area contributed by atoms with Crippen molar-refractivity contribution in [3.05, 3.63) is 65.2 Å². The fraction of sp³-hybridized carbons (Fsp3) is 0.391. The molecular weight excluding hydrogens is 385 g/mol. The smallest absolute Gasteiger partial charge is 0.252 e. The zero-order chi connectivity index (χ0) is 22.1. The number of benzene rings is 2. The number of nitrogens with one attached hydrogen (secondary N) is 2. The van der Waals surface area contributed by atoms with Gasteiger partial charge in [-0.05, 0) is 56.4 Å². The number of amides is 2. The van der Waals surface area contributed by atoms with E-state index in [0.29, 0.717) is 18.4 Å². The molecule has 162 valence electrons. The van der Waals surface area contributed by atoms with Crippen LogP contribution in [0, 0.1) is 13.8 Å². The zero-order valence-corrected chi connectivity index (χ0v) is 17.7. The Bertz CT molecular complexity index is 825. The molecule has 0 aromatic heterocycles. The molecule has 0 aliphatic rings. The number of halogens is 1. The summed E-state index contributed by atoms with van der Waals surface area (Å²) in [7, 11) is 1.77. The van der Waals surface area contributed by atoms with Crippen molar-refractivity contribution in [1.82, 2.24) is 10.8 Å². The number of hydrogen-bond donors (Lipinski definition) is 3. The summed E-state index contributed by atoms with van der Waals surface area (Å²) in [5.41, 5.74) is 4.89. The van der Waals surface area contributed by atoms with Crippen molar-refractivity contribution in [2.45, 2.75) is 51.9 Å². The second-order valence-electron chi connectivity index (χ2n) is 7.43. The molecule has 2 unspecified atom stereocenters. The lowest BCUT2D eigenvalue weighted by Crippen LogP contribution is -2.52.